The van der Waals surface area contributed by atoms with Crippen LogP contribution in [0.15, 0.2) is 18.2 Å². The third-order valence-electron chi connectivity index (χ3n) is 1.83. The summed E-state index contributed by atoms with van der Waals surface area (Å²) in [7, 11) is 1.12. The van der Waals surface area contributed by atoms with Crippen LogP contribution in [0.4, 0.5) is 4.39 Å². The van der Waals surface area contributed by atoms with E-state index in [2.05, 4.69) is 4.74 Å². The van der Waals surface area contributed by atoms with Crippen LogP contribution in [0, 0.1) is 17.1 Å². The number of methoxy groups -OCH3 is 1. The number of aliphatic hydroxyl groups is 1. The van der Waals surface area contributed by atoms with Crippen molar-refractivity contribution in [2.75, 3.05) is 7.11 Å². The van der Waals surface area contributed by atoms with Gasteiger partial charge < -0.3 is 9.84 Å². The highest BCUT2D eigenvalue weighted by Crippen LogP contribution is 2.17. The first-order valence-corrected chi connectivity index (χ1v) is 4.05. The molecule has 1 aromatic rings. The lowest BCUT2D eigenvalue weighted by atomic mass is 10.1. The molecule has 1 atom stereocenters. The van der Waals surface area contributed by atoms with Crippen LogP contribution in [0.1, 0.15) is 22.0 Å². The van der Waals surface area contributed by atoms with Crippen LogP contribution in [-0.2, 0) is 4.74 Å². The molecule has 0 spiro atoms. The number of hydrogen-bond donors (Lipinski definition) is 1. The second-order valence-electron chi connectivity index (χ2n) is 2.76. The molecule has 0 radical (unpaired) electrons. The third kappa shape index (κ3) is 2.30. The second-order valence-corrected chi connectivity index (χ2v) is 2.76. The van der Waals surface area contributed by atoms with E-state index in [-0.39, 0.29) is 11.1 Å². The van der Waals surface area contributed by atoms with Crippen molar-refractivity contribution in [3.63, 3.8) is 0 Å². The van der Waals surface area contributed by atoms with E-state index in [1.165, 1.54) is 6.07 Å². The first kappa shape index (κ1) is 11.1. The van der Waals surface area contributed by atoms with Crippen LogP contribution < -0.4 is 0 Å². The van der Waals surface area contributed by atoms with Crippen LogP contribution in [0.2, 0.25) is 0 Å². The Labute approximate surface area is 85.5 Å². The van der Waals surface area contributed by atoms with Gasteiger partial charge in [-0.2, -0.15) is 5.26 Å². The summed E-state index contributed by atoms with van der Waals surface area (Å²) in [6.07, 6.45) is -1.38. The van der Waals surface area contributed by atoms with E-state index in [1.54, 1.807) is 6.07 Å². The molecule has 1 N–H and O–H groups in total. The van der Waals surface area contributed by atoms with E-state index < -0.39 is 17.9 Å². The standard InChI is InChI=1S/C10H8FNO3/c1-15-10(14)7-4-6(9(13)5-12)2-3-8(7)11/h2-4,9,13H,1H3. The van der Waals surface area contributed by atoms with Crippen molar-refractivity contribution in [2.45, 2.75) is 6.10 Å². The van der Waals surface area contributed by atoms with Crippen LogP contribution in [0.5, 0.6) is 0 Å². The zero-order chi connectivity index (χ0) is 11.4. The van der Waals surface area contributed by atoms with Gasteiger partial charge in [0.25, 0.3) is 0 Å². The highest BCUT2D eigenvalue weighted by atomic mass is 19.1. The highest BCUT2D eigenvalue weighted by molar-refractivity contribution is 5.89. The fraction of sp³-hybridized carbons (Fsp3) is 0.200. The number of rotatable bonds is 2. The molecule has 1 aromatic carbocycles. The van der Waals surface area contributed by atoms with Crippen molar-refractivity contribution >= 4 is 5.97 Å². The number of nitriles is 1. The van der Waals surface area contributed by atoms with Gasteiger partial charge in [-0.1, -0.05) is 6.07 Å². The molecule has 0 saturated heterocycles. The van der Waals surface area contributed by atoms with Crippen molar-refractivity contribution < 1.29 is 19.0 Å². The van der Waals surface area contributed by atoms with Crippen LogP contribution in [-0.4, -0.2) is 18.2 Å². The van der Waals surface area contributed by atoms with E-state index in [1.807, 2.05) is 0 Å². The van der Waals surface area contributed by atoms with Gasteiger partial charge in [0.2, 0.25) is 0 Å². The number of ether oxygens (including phenoxy) is 1. The Bertz CT molecular complexity index is 425. The van der Waals surface area contributed by atoms with Gasteiger partial charge in [-0.15, -0.1) is 0 Å². The zero-order valence-corrected chi connectivity index (χ0v) is 7.90. The molecule has 1 rings (SSSR count). The smallest absolute Gasteiger partial charge is 0.340 e. The maximum atomic E-state index is 13.1. The molecule has 0 saturated carbocycles. The molecule has 0 heterocycles. The quantitative estimate of drug-likeness (QED) is 0.586. The molecule has 0 aliphatic rings. The number of benzene rings is 1. The van der Waals surface area contributed by atoms with E-state index in [4.69, 9.17) is 10.4 Å². The molecular formula is C10H8FNO3. The lowest BCUT2D eigenvalue weighted by Crippen LogP contribution is -2.06. The summed E-state index contributed by atoms with van der Waals surface area (Å²) in [4.78, 5) is 11.1. The first-order chi connectivity index (χ1) is 7.10. The predicted molar refractivity (Wildman–Crippen MR) is 48.3 cm³/mol. The molecule has 0 fully saturated rings. The number of halogens is 1. The third-order valence-corrected chi connectivity index (χ3v) is 1.83. The van der Waals surface area contributed by atoms with Gasteiger partial charge in [-0.25, -0.2) is 9.18 Å². The maximum absolute atomic E-state index is 13.1. The van der Waals surface area contributed by atoms with E-state index in [0.717, 1.165) is 19.2 Å². The average molecular weight is 209 g/mol. The van der Waals surface area contributed by atoms with Crippen LogP contribution in [0.3, 0.4) is 0 Å². The topological polar surface area (TPSA) is 70.3 Å². The molecule has 4 nitrogen and oxygen atoms in total. The predicted octanol–water partition coefficient (Wildman–Crippen LogP) is 1.17. The van der Waals surface area contributed by atoms with Crippen LogP contribution >= 0.6 is 0 Å². The van der Waals surface area contributed by atoms with Crippen molar-refractivity contribution in [1.29, 1.82) is 5.26 Å². The minimum atomic E-state index is -1.38. The molecule has 0 bridgehead atoms. The van der Waals surface area contributed by atoms with Crippen molar-refractivity contribution in [3.8, 4) is 6.07 Å². The van der Waals surface area contributed by atoms with Crippen molar-refractivity contribution in [1.82, 2.24) is 0 Å². The maximum Gasteiger partial charge on any atom is 0.340 e. The lowest BCUT2D eigenvalue weighted by molar-refractivity contribution is 0.0595. The normalized spacial score (nSPS) is 11.6. The Morgan fingerprint density at radius 2 is 2.33 bits per heavy atom. The first-order valence-electron chi connectivity index (χ1n) is 4.05. The summed E-state index contributed by atoms with van der Waals surface area (Å²) in [5.41, 5.74) is -0.149. The Hall–Kier alpha value is -1.93. The fourth-order valence-corrected chi connectivity index (χ4v) is 1.05. The Kier molecular flexibility index (Phi) is 3.37. The number of carbonyl (C=O) groups excluding carboxylic acids is 1. The lowest BCUT2D eigenvalue weighted by Gasteiger charge is -2.05. The SMILES string of the molecule is COC(=O)c1cc(C(O)C#N)ccc1F. The monoisotopic (exact) mass is 209 g/mol. The number of esters is 1. The molecular weight excluding hydrogens is 201 g/mol. The average Bonchev–Trinajstić information content (AvgIpc) is 2.27. The highest BCUT2D eigenvalue weighted by Gasteiger charge is 2.15. The molecule has 0 amide bonds. The Morgan fingerprint density at radius 3 is 2.87 bits per heavy atom. The zero-order valence-electron chi connectivity index (χ0n) is 7.90. The molecule has 1 unspecified atom stereocenters. The number of aliphatic hydroxyl groups excluding tert-OH is 1. The van der Waals surface area contributed by atoms with Crippen molar-refractivity contribution in [3.05, 3.63) is 35.1 Å². The fourth-order valence-electron chi connectivity index (χ4n) is 1.05. The number of carbonyl (C=O) groups is 1. The van der Waals surface area contributed by atoms with E-state index in [9.17, 15) is 9.18 Å². The molecule has 5 heteroatoms. The molecule has 0 aliphatic carbocycles. The number of hydrogen-bond acceptors (Lipinski definition) is 4. The summed E-state index contributed by atoms with van der Waals surface area (Å²) in [5.74, 6) is -1.60. The number of nitrogens with zero attached hydrogens (tertiary/aromatic N) is 1. The summed E-state index contributed by atoms with van der Waals surface area (Å²) in [6.45, 7) is 0. The van der Waals surface area contributed by atoms with Gasteiger partial charge >= 0.3 is 5.97 Å². The van der Waals surface area contributed by atoms with Gasteiger partial charge in [0.1, 0.15) is 5.82 Å². The van der Waals surface area contributed by atoms with Gasteiger partial charge in [0.15, 0.2) is 6.10 Å². The van der Waals surface area contributed by atoms with Crippen LogP contribution in [0.25, 0.3) is 0 Å². The minimum absolute atomic E-state index is 0.152. The van der Waals surface area contributed by atoms with Gasteiger partial charge in [0, 0.05) is 0 Å². The molecule has 15 heavy (non-hydrogen) atoms. The molecule has 0 aromatic heterocycles. The summed E-state index contributed by atoms with van der Waals surface area (Å²) < 4.78 is 17.5. The largest absolute Gasteiger partial charge is 0.465 e. The van der Waals surface area contributed by atoms with Crippen molar-refractivity contribution in [2.24, 2.45) is 0 Å². The second kappa shape index (κ2) is 4.53. The Morgan fingerprint density at radius 1 is 1.67 bits per heavy atom. The van der Waals surface area contributed by atoms with Gasteiger partial charge in [0.05, 0.1) is 18.7 Å². The molecule has 0 aliphatic heterocycles. The summed E-state index contributed by atoms with van der Waals surface area (Å²) in [6, 6.07) is 4.89. The Balaban J connectivity index is 3.18. The van der Waals surface area contributed by atoms with Gasteiger partial charge in [-0.3, -0.25) is 0 Å². The summed E-state index contributed by atoms with van der Waals surface area (Å²) in [5, 5.41) is 17.6. The van der Waals surface area contributed by atoms with Gasteiger partial charge in [-0.05, 0) is 17.7 Å². The summed E-state index contributed by atoms with van der Waals surface area (Å²) >= 11 is 0. The van der Waals surface area contributed by atoms with E-state index >= 15 is 0 Å². The minimum Gasteiger partial charge on any atom is -0.465 e. The van der Waals surface area contributed by atoms with E-state index in [0.29, 0.717) is 0 Å². The molecule has 78 valence electrons.